The van der Waals surface area contributed by atoms with Gasteiger partial charge in [-0.3, -0.25) is 14.5 Å². The molecule has 2 aromatic rings. The zero-order valence-corrected chi connectivity index (χ0v) is 9.62. The first-order chi connectivity index (χ1) is 7.74. The molecule has 0 amide bonds. The fourth-order valence-corrected chi connectivity index (χ4v) is 1.76. The van der Waals surface area contributed by atoms with Crippen molar-refractivity contribution in [2.45, 2.75) is 13.5 Å². The summed E-state index contributed by atoms with van der Waals surface area (Å²) in [4.78, 5) is 12.0. The van der Waals surface area contributed by atoms with Crippen molar-refractivity contribution in [3.63, 3.8) is 0 Å². The molecule has 82 valence electrons. The first kappa shape index (κ1) is 10.8. The van der Waals surface area contributed by atoms with Gasteiger partial charge in [0.05, 0.1) is 0 Å². The van der Waals surface area contributed by atoms with Gasteiger partial charge in [-0.05, 0) is 19.1 Å². The molecule has 0 fully saturated rings. The normalized spacial score (nSPS) is 10.3. The van der Waals surface area contributed by atoms with E-state index >= 15 is 0 Å². The Morgan fingerprint density at radius 1 is 1.38 bits per heavy atom. The number of nitrogens with zero attached hydrogens (tertiary/aromatic N) is 2. The summed E-state index contributed by atoms with van der Waals surface area (Å²) in [7, 11) is 0. The van der Waals surface area contributed by atoms with Crippen molar-refractivity contribution >= 4 is 12.2 Å². The first-order valence-electron chi connectivity index (χ1n) is 4.99. The van der Waals surface area contributed by atoms with Crippen LogP contribution in [0.1, 0.15) is 6.92 Å². The molecule has 1 aromatic heterocycles. The highest BCUT2D eigenvalue weighted by Crippen LogP contribution is 2.10. The van der Waals surface area contributed by atoms with E-state index in [2.05, 4.69) is 10.2 Å². The van der Waals surface area contributed by atoms with Crippen LogP contribution in [0.2, 0.25) is 0 Å². The topological polar surface area (TPSA) is 50.7 Å². The Morgan fingerprint density at radius 3 is 2.69 bits per heavy atom. The molecule has 0 aliphatic rings. The lowest BCUT2D eigenvalue weighted by Crippen LogP contribution is -2.24. The van der Waals surface area contributed by atoms with Gasteiger partial charge in [0, 0.05) is 12.1 Å². The van der Waals surface area contributed by atoms with Crippen molar-refractivity contribution in [1.82, 2.24) is 14.8 Å². The number of benzene rings is 1. The molecule has 2 rings (SSSR count). The van der Waals surface area contributed by atoms with Crippen molar-refractivity contribution in [2.75, 3.05) is 0 Å². The van der Waals surface area contributed by atoms with E-state index in [0.717, 1.165) is 5.56 Å². The first-order valence-corrected chi connectivity index (χ1v) is 5.39. The van der Waals surface area contributed by atoms with Crippen molar-refractivity contribution in [2.24, 2.45) is 0 Å². The van der Waals surface area contributed by atoms with E-state index in [4.69, 9.17) is 12.2 Å². The molecular formula is C11H11N3OS. The fourth-order valence-electron chi connectivity index (χ4n) is 1.50. The summed E-state index contributed by atoms with van der Waals surface area (Å²) in [5.74, 6) is 0. The maximum Gasteiger partial charge on any atom is 0.281 e. The molecule has 1 N–H and O–H groups in total. The maximum atomic E-state index is 12.0. The largest absolute Gasteiger partial charge is 0.283 e. The molecule has 0 saturated heterocycles. The minimum atomic E-state index is -0.155. The number of rotatable bonds is 2. The number of hydrogen-bond donors (Lipinski definition) is 1. The van der Waals surface area contributed by atoms with Crippen LogP contribution in [-0.2, 0) is 6.54 Å². The van der Waals surface area contributed by atoms with E-state index in [1.807, 2.05) is 37.3 Å². The number of hydrogen-bond acceptors (Lipinski definition) is 3. The van der Waals surface area contributed by atoms with Gasteiger partial charge in [-0.1, -0.05) is 30.3 Å². The summed E-state index contributed by atoms with van der Waals surface area (Å²) in [6.07, 6.45) is 0. The molecular weight excluding hydrogens is 222 g/mol. The molecule has 0 saturated carbocycles. The third-order valence-corrected chi connectivity index (χ3v) is 2.63. The Balaban J connectivity index is 2.69. The van der Waals surface area contributed by atoms with Gasteiger partial charge in [0.15, 0.2) is 10.5 Å². The zero-order valence-electron chi connectivity index (χ0n) is 8.80. The highest BCUT2D eigenvalue weighted by Gasteiger charge is 2.07. The molecule has 16 heavy (non-hydrogen) atoms. The van der Waals surface area contributed by atoms with Crippen molar-refractivity contribution in [3.05, 3.63) is 45.5 Å². The molecule has 0 spiro atoms. The van der Waals surface area contributed by atoms with E-state index in [-0.39, 0.29) is 5.56 Å². The SMILES string of the molecule is CCn1c(=S)[nH]nc(-c2ccccc2)c1=O. The molecule has 0 unspecified atom stereocenters. The number of aromatic amines is 1. The second-order valence-corrected chi connectivity index (χ2v) is 3.68. The second-order valence-electron chi connectivity index (χ2n) is 3.29. The van der Waals surface area contributed by atoms with E-state index in [9.17, 15) is 4.79 Å². The summed E-state index contributed by atoms with van der Waals surface area (Å²) in [6.45, 7) is 2.41. The van der Waals surface area contributed by atoms with Gasteiger partial charge in [0.2, 0.25) is 0 Å². The average molecular weight is 233 g/mol. The van der Waals surface area contributed by atoms with E-state index in [1.165, 1.54) is 4.57 Å². The Hall–Kier alpha value is -1.75. The average Bonchev–Trinajstić information content (AvgIpc) is 2.31. The lowest BCUT2D eigenvalue weighted by Gasteiger charge is -2.04. The van der Waals surface area contributed by atoms with Crippen LogP contribution in [0.5, 0.6) is 0 Å². The van der Waals surface area contributed by atoms with Crippen LogP contribution < -0.4 is 5.56 Å². The van der Waals surface area contributed by atoms with E-state index in [1.54, 1.807) is 0 Å². The van der Waals surface area contributed by atoms with Crippen molar-refractivity contribution in [1.29, 1.82) is 0 Å². The number of H-pyrrole nitrogens is 1. The predicted molar refractivity (Wildman–Crippen MR) is 64.8 cm³/mol. The minimum absolute atomic E-state index is 0.155. The van der Waals surface area contributed by atoms with E-state index < -0.39 is 0 Å². The molecule has 0 radical (unpaired) electrons. The monoisotopic (exact) mass is 233 g/mol. The standard InChI is InChI=1S/C11H11N3OS/c1-2-14-10(15)9(12-13-11(14)16)8-6-4-3-5-7-8/h3-7H,2H2,1H3,(H,13,16). The summed E-state index contributed by atoms with van der Waals surface area (Å²) in [5, 5.41) is 6.68. The quantitative estimate of drug-likeness (QED) is 0.807. The van der Waals surface area contributed by atoms with Gasteiger partial charge in [-0.2, -0.15) is 5.10 Å². The third kappa shape index (κ3) is 1.81. The van der Waals surface area contributed by atoms with Crippen LogP contribution in [0.4, 0.5) is 0 Å². The van der Waals surface area contributed by atoms with E-state index in [0.29, 0.717) is 17.0 Å². The highest BCUT2D eigenvalue weighted by atomic mass is 32.1. The minimum Gasteiger partial charge on any atom is -0.283 e. The van der Waals surface area contributed by atoms with Crippen LogP contribution in [0.3, 0.4) is 0 Å². The lowest BCUT2D eigenvalue weighted by atomic mass is 10.2. The van der Waals surface area contributed by atoms with Gasteiger partial charge in [0.1, 0.15) is 0 Å². The molecule has 0 aliphatic carbocycles. The molecule has 0 bridgehead atoms. The van der Waals surface area contributed by atoms with Crippen molar-refractivity contribution in [3.8, 4) is 11.3 Å². The van der Waals surface area contributed by atoms with Gasteiger partial charge in [0.25, 0.3) is 5.56 Å². The van der Waals surface area contributed by atoms with Crippen LogP contribution in [0.15, 0.2) is 35.1 Å². The second kappa shape index (κ2) is 4.40. The molecule has 1 aromatic carbocycles. The Kier molecular flexibility index (Phi) is 2.96. The molecule has 1 heterocycles. The van der Waals surface area contributed by atoms with Crippen LogP contribution >= 0.6 is 12.2 Å². The highest BCUT2D eigenvalue weighted by molar-refractivity contribution is 7.71. The summed E-state index contributed by atoms with van der Waals surface area (Å²) in [6, 6.07) is 9.33. The molecule has 0 atom stereocenters. The van der Waals surface area contributed by atoms with Crippen LogP contribution in [0.25, 0.3) is 11.3 Å². The van der Waals surface area contributed by atoms with Crippen LogP contribution in [0, 0.1) is 4.77 Å². The predicted octanol–water partition coefficient (Wildman–Crippen LogP) is 1.99. The Bertz CT molecular complexity index is 601. The molecule has 0 aliphatic heterocycles. The lowest BCUT2D eigenvalue weighted by molar-refractivity contribution is 0.671. The van der Waals surface area contributed by atoms with Gasteiger partial charge >= 0.3 is 0 Å². The van der Waals surface area contributed by atoms with Crippen molar-refractivity contribution < 1.29 is 0 Å². The maximum absolute atomic E-state index is 12.0. The Morgan fingerprint density at radius 2 is 2.06 bits per heavy atom. The summed E-state index contributed by atoms with van der Waals surface area (Å²) >= 11 is 4.99. The number of nitrogens with one attached hydrogen (secondary N) is 1. The van der Waals surface area contributed by atoms with Gasteiger partial charge in [-0.25, -0.2) is 0 Å². The smallest absolute Gasteiger partial charge is 0.281 e. The van der Waals surface area contributed by atoms with Gasteiger partial charge < -0.3 is 0 Å². The zero-order chi connectivity index (χ0) is 11.5. The molecule has 5 heteroatoms. The Labute approximate surface area is 97.6 Å². The number of aromatic nitrogens is 3. The van der Waals surface area contributed by atoms with Gasteiger partial charge in [-0.15, -0.1) is 0 Å². The fraction of sp³-hybridized carbons (Fsp3) is 0.182. The third-order valence-electron chi connectivity index (χ3n) is 2.32. The molecule has 4 nitrogen and oxygen atoms in total. The summed E-state index contributed by atoms with van der Waals surface area (Å²) in [5.41, 5.74) is 1.04. The summed E-state index contributed by atoms with van der Waals surface area (Å²) < 4.78 is 1.84. The van der Waals surface area contributed by atoms with Crippen LogP contribution in [-0.4, -0.2) is 14.8 Å².